The summed E-state index contributed by atoms with van der Waals surface area (Å²) in [7, 11) is 1.73. The maximum atomic E-state index is 11.0. The van der Waals surface area contributed by atoms with Crippen LogP contribution in [0.2, 0.25) is 0 Å². The third kappa shape index (κ3) is 1.93. The second-order valence-corrected chi connectivity index (χ2v) is 7.98. The molecule has 1 aromatic rings. The molecule has 0 amide bonds. The average molecular weight is 310 g/mol. The highest BCUT2D eigenvalue weighted by molar-refractivity contribution is 5.41. The molecule has 0 heterocycles. The second-order valence-electron chi connectivity index (χ2n) is 7.98. The van der Waals surface area contributed by atoms with E-state index in [9.17, 15) is 5.11 Å². The fraction of sp³-hybridized carbons (Fsp3) is 0.619. The molecule has 0 unspecified atom stereocenters. The van der Waals surface area contributed by atoms with Crippen molar-refractivity contribution in [3.63, 3.8) is 0 Å². The molecule has 1 N–H and O–H groups in total. The number of terminal acetylenes is 1. The molecule has 0 spiro atoms. The predicted molar refractivity (Wildman–Crippen MR) is 91.4 cm³/mol. The van der Waals surface area contributed by atoms with E-state index in [4.69, 9.17) is 11.2 Å². The van der Waals surface area contributed by atoms with Crippen molar-refractivity contribution in [2.24, 2.45) is 17.3 Å². The van der Waals surface area contributed by atoms with Crippen molar-refractivity contribution in [2.75, 3.05) is 7.11 Å². The molecular weight excluding hydrogens is 284 g/mol. The lowest BCUT2D eigenvalue weighted by Crippen LogP contribution is -2.50. The third-order valence-corrected chi connectivity index (χ3v) is 7.32. The molecule has 1 aromatic carbocycles. The van der Waals surface area contributed by atoms with E-state index >= 15 is 0 Å². The standard InChI is InChI=1S/C21H26O2/c1-4-21(22)12-10-19-18-7-5-14-13-15(23-3)6-8-16(14)17(18)9-11-20(19,21)2/h1,6,8,13,17-19,22H,5,7,9-12H2,2-3H3/t17-,18+,19+,20-,21-/m1/s1. The summed E-state index contributed by atoms with van der Waals surface area (Å²) in [5, 5.41) is 11.0. The Labute approximate surface area is 139 Å². The SMILES string of the molecule is C#C[C@@]1(O)CC[C@H]2[C@H]3CCc4cc(OC)ccc4[C@H]3CC[C@]21C. The van der Waals surface area contributed by atoms with Crippen molar-refractivity contribution in [1.29, 1.82) is 0 Å². The normalized spacial score (nSPS) is 41.4. The second kappa shape index (κ2) is 5.02. The Balaban J connectivity index is 1.70. The zero-order valence-corrected chi connectivity index (χ0v) is 14.1. The quantitative estimate of drug-likeness (QED) is 0.797. The van der Waals surface area contributed by atoms with Gasteiger partial charge in [-0.3, -0.25) is 0 Å². The van der Waals surface area contributed by atoms with E-state index in [1.807, 2.05) is 0 Å². The Morgan fingerprint density at radius 3 is 2.83 bits per heavy atom. The Kier molecular flexibility index (Phi) is 3.29. The molecule has 0 saturated heterocycles. The van der Waals surface area contributed by atoms with Gasteiger partial charge >= 0.3 is 0 Å². The molecule has 2 heteroatoms. The van der Waals surface area contributed by atoms with Gasteiger partial charge in [0.1, 0.15) is 11.4 Å². The molecule has 0 bridgehead atoms. The number of aliphatic hydroxyl groups is 1. The number of benzene rings is 1. The van der Waals surface area contributed by atoms with Gasteiger partial charge in [-0.25, -0.2) is 0 Å². The maximum Gasteiger partial charge on any atom is 0.130 e. The molecule has 23 heavy (non-hydrogen) atoms. The minimum Gasteiger partial charge on any atom is -0.497 e. The Morgan fingerprint density at radius 2 is 2.09 bits per heavy atom. The van der Waals surface area contributed by atoms with Crippen LogP contribution < -0.4 is 4.74 Å². The molecule has 5 atom stereocenters. The molecule has 0 aliphatic heterocycles. The summed E-state index contributed by atoms with van der Waals surface area (Å²) < 4.78 is 5.39. The summed E-state index contributed by atoms with van der Waals surface area (Å²) in [6.07, 6.45) is 12.1. The lowest BCUT2D eigenvalue weighted by Gasteiger charge is -2.52. The average Bonchev–Trinajstić information content (AvgIpc) is 2.86. The van der Waals surface area contributed by atoms with Crippen molar-refractivity contribution in [3.05, 3.63) is 29.3 Å². The first kappa shape index (κ1) is 15.1. The van der Waals surface area contributed by atoms with Gasteiger partial charge in [-0.15, -0.1) is 6.42 Å². The first-order valence-electron chi connectivity index (χ1n) is 8.89. The monoisotopic (exact) mass is 310 g/mol. The minimum absolute atomic E-state index is 0.104. The molecule has 2 fully saturated rings. The number of fused-ring (bicyclic) bond motifs is 5. The first-order valence-corrected chi connectivity index (χ1v) is 8.89. The number of rotatable bonds is 1. The van der Waals surface area contributed by atoms with E-state index in [1.165, 1.54) is 17.5 Å². The predicted octanol–water partition coefficient (Wildman–Crippen LogP) is 3.92. The van der Waals surface area contributed by atoms with Crippen LogP contribution in [-0.2, 0) is 6.42 Å². The fourth-order valence-corrected chi connectivity index (χ4v) is 5.94. The van der Waals surface area contributed by atoms with Gasteiger partial charge in [0.25, 0.3) is 0 Å². The van der Waals surface area contributed by atoms with Gasteiger partial charge in [0.05, 0.1) is 7.11 Å². The Bertz CT molecular complexity index is 673. The van der Waals surface area contributed by atoms with Crippen LogP contribution in [0.1, 0.15) is 56.1 Å². The molecule has 122 valence electrons. The summed E-state index contributed by atoms with van der Waals surface area (Å²) in [6, 6.07) is 6.59. The molecule has 3 aliphatic carbocycles. The molecule has 0 aromatic heterocycles. The summed E-state index contributed by atoms with van der Waals surface area (Å²) in [4.78, 5) is 0. The highest BCUT2D eigenvalue weighted by Crippen LogP contribution is 2.64. The Morgan fingerprint density at radius 1 is 1.26 bits per heavy atom. The van der Waals surface area contributed by atoms with Gasteiger partial charge in [0.2, 0.25) is 0 Å². The van der Waals surface area contributed by atoms with Crippen molar-refractivity contribution in [1.82, 2.24) is 0 Å². The number of ether oxygens (including phenoxy) is 1. The number of hydrogen-bond donors (Lipinski definition) is 1. The first-order chi connectivity index (χ1) is 11.0. The van der Waals surface area contributed by atoms with Crippen LogP contribution in [0.25, 0.3) is 0 Å². The van der Waals surface area contributed by atoms with Crippen molar-refractivity contribution >= 4 is 0 Å². The summed E-state index contributed by atoms with van der Waals surface area (Å²) >= 11 is 0. The molecule has 3 aliphatic rings. The van der Waals surface area contributed by atoms with E-state index < -0.39 is 5.60 Å². The lowest BCUT2D eigenvalue weighted by molar-refractivity contribution is -0.0646. The van der Waals surface area contributed by atoms with E-state index in [0.717, 1.165) is 37.9 Å². The topological polar surface area (TPSA) is 29.5 Å². The zero-order valence-electron chi connectivity index (χ0n) is 14.1. The minimum atomic E-state index is -0.900. The van der Waals surface area contributed by atoms with Gasteiger partial charge in [-0.1, -0.05) is 18.9 Å². The van der Waals surface area contributed by atoms with Crippen molar-refractivity contribution < 1.29 is 9.84 Å². The van der Waals surface area contributed by atoms with Gasteiger partial charge in [0.15, 0.2) is 0 Å². The largest absolute Gasteiger partial charge is 0.497 e. The van der Waals surface area contributed by atoms with Crippen LogP contribution in [0.15, 0.2) is 18.2 Å². The molecule has 0 radical (unpaired) electrons. The number of aryl methyl sites for hydroxylation is 1. The summed E-state index contributed by atoms with van der Waals surface area (Å²) in [6.45, 7) is 2.24. The molecular formula is C21H26O2. The van der Waals surface area contributed by atoms with Crippen LogP contribution in [0.5, 0.6) is 5.75 Å². The van der Waals surface area contributed by atoms with Crippen LogP contribution in [-0.4, -0.2) is 17.8 Å². The fourth-order valence-electron chi connectivity index (χ4n) is 5.94. The highest BCUT2D eigenvalue weighted by Gasteiger charge is 2.61. The van der Waals surface area contributed by atoms with E-state index in [2.05, 4.69) is 31.0 Å². The van der Waals surface area contributed by atoms with Gasteiger partial charge in [-0.05, 0) is 79.5 Å². The van der Waals surface area contributed by atoms with Gasteiger partial charge in [-0.2, -0.15) is 0 Å². The summed E-state index contributed by atoms with van der Waals surface area (Å²) in [5.74, 6) is 5.56. The van der Waals surface area contributed by atoms with Crippen LogP contribution >= 0.6 is 0 Å². The zero-order chi connectivity index (χ0) is 16.2. The van der Waals surface area contributed by atoms with E-state index in [1.54, 1.807) is 7.11 Å². The highest BCUT2D eigenvalue weighted by atomic mass is 16.5. The molecule has 4 rings (SSSR count). The number of hydrogen-bond acceptors (Lipinski definition) is 2. The van der Waals surface area contributed by atoms with Gasteiger partial charge < -0.3 is 9.84 Å². The lowest BCUT2D eigenvalue weighted by atomic mass is 9.53. The van der Waals surface area contributed by atoms with E-state index in [-0.39, 0.29) is 5.41 Å². The summed E-state index contributed by atoms with van der Waals surface area (Å²) in [5.41, 5.74) is 1.97. The van der Waals surface area contributed by atoms with Crippen LogP contribution in [0, 0.1) is 29.6 Å². The molecule has 2 saturated carbocycles. The maximum absolute atomic E-state index is 11.0. The van der Waals surface area contributed by atoms with Crippen molar-refractivity contribution in [3.8, 4) is 18.1 Å². The third-order valence-electron chi connectivity index (χ3n) is 7.32. The van der Waals surface area contributed by atoms with Gasteiger partial charge in [0, 0.05) is 5.41 Å². The van der Waals surface area contributed by atoms with Crippen LogP contribution in [0.4, 0.5) is 0 Å². The Hall–Kier alpha value is -1.46. The molecule has 2 nitrogen and oxygen atoms in total. The van der Waals surface area contributed by atoms with Crippen LogP contribution in [0.3, 0.4) is 0 Å². The van der Waals surface area contributed by atoms with E-state index in [0.29, 0.717) is 17.8 Å². The van der Waals surface area contributed by atoms with Crippen molar-refractivity contribution in [2.45, 2.75) is 57.0 Å². The number of methoxy groups -OCH3 is 1. The smallest absolute Gasteiger partial charge is 0.130 e.